The largest absolute Gasteiger partial charge is 0.466 e. The minimum Gasteiger partial charge on any atom is -0.466 e. The van der Waals surface area contributed by atoms with Gasteiger partial charge in [-0.2, -0.15) is 0 Å². The number of carbonyl (C=O) groups is 3. The maximum Gasteiger partial charge on any atom is 0.305 e. The lowest BCUT2D eigenvalue weighted by atomic mass is 10.1. The third-order valence-electron chi connectivity index (χ3n) is 11.9. The molecule has 0 aliphatic carbocycles. The van der Waals surface area contributed by atoms with E-state index in [2.05, 4.69) is 54.9 Å². The van der Waals surface area contributed by atoms with E-state index < -0.39 is 0 Å². The minimum absolute atomic E-state index is 0.0263. The van der Waals surface area contributed by atoms with Gasteiger partial charge in [-0.05, 0) is 75.0 Å². The van der Waals surface area contributed by atoms with Crippen LogP contribution in [0.1, 0.15) is 290 Å². The normalized spacial score (nSPS) is 11.4. The zero-order valence-electron chi connectivity index (χ0n) is 42.6. The van der Waals surface area contributed by atoms with Gasteiger partial charge in [-0.15, -0.1) is 34.1 Å². The van der Waals surface area contributed by atoms with Gasteiger partial charge in [0.15, 0.2) is 0 Å². The highest BCUT2D eigenvalue weighted by Crippen LogP contribution is 2.70. The van der Waals surface area contributed by atoms with E-state index in [-0.39, 0.29) is 23.4 Å². The first-order valence-corrected chi connectivity index (χ1v) is 33.8. The van der Waals surface area contributed by atoms with Gasteiger partial charge in [0.25, 0.3) is 0 Å². The smallest absolute Gasteiger partial charge is 0.305 e. The SMILES string of the molecule is CCCCCCCCCCCCOC(=O)CCCCCSP(SCCCCCC(=O)OCCCCCCCCCCCC)SCCCCCC(=O)OCCCCCCCCCCCC. The second kappa shape index (κ2) is 55.5. The Kier molecular flexibility index (Phi) is 55.4. The van der Waals surface area contributed by atoms with Crippen LogP contribution in [0.2, 0.25) is 0 Å². The highest BCUT2D eigenvalue weighted by atomic mass is 33.4. The van der Waals surface area contributed by atoms with E-state index >= 15 is 0 Å². The van der Waals surface area contributed by atoms with Crippen molar-refractivity contribution in [2.45, 2.75) is 290 Å². The van der Waals surface area contributed by atoms with Gasteiger partial charge in [0.1, 0.15) is 0 Å². The molecule has 0 heterocycles. The molecular formula is C54H105O6PS3. The van der Waals surface area contributed by atoms with Crippen LogP contribution in [0.5, 0.6) is 0 Å². The van der Waals surface area contributed by atoms with Gasteiger partial charge in [-0.1, -0.05) is 213 Å². The molecule has 0 fully saturated rings. The van der Waals surface area contributed by atoms with Crippen LogP contribution in [0.3, 0.4) is 0 Å². The Labute approximate surface area is 411 Å². The van der Waals surface area contributed by atoms with Crippen LogP contribution in [0.25, 0.3) is 0 Å². The van der Waals surface area contributed by atoms with E-state index in [0.29, 0.717) is 39.1 Å². The van der Waals surface area contributed by atoms with Crippen LogP contribution in [0.15, 0.2) is 0 Å². The molecule has 0 saturated heterocycles. The second-order valence-electron chi connectivity index (χ2n) is 18.4. The van der Waals surface area contributed by atoms with Crippen molar-refractivity contribution >= 4 is 57.6 Å². The third kappa shape index (κ3) is 52.9. The fraction of sp³-hybridized carbons (Fsp3) is 0.944. The van der Waals surface area contributed by atoms with Crippen molar-refractivity contribution in [1.29, 1.82) is 0 Å². The lowest BCUT2D eigenvalue weighted by Crippen LogP contribution is -2.05. The summed E-state index contributed by atoms with van der Waals surface area (Å²) in [4.78, 5) is 36.8. The molecule has 0 aromatic heterocycles. The van der Waals surface area contributed by atoms with Crippen LogP contribution >= 0.6 is 39.7 Å². The molecule has 0 spiro atoms. The Morgan fingerprint density at radius 2 is 0.484 bits per heavy atom. The van der Waals surface area contributed by atoms with Crippen LogP contribution in [0.4, 0.5) is 0 Å². The lowest BCUT2D eigenvalue weighted by molar-refractivity contribution is -0.144. The topological polar surface area (TPSA) is 78.9 Å². The molecule has 0 N–H and O–H groups in total. The standard InChI is InChI=1S/C54H105O6PS3/c1-4-7-10-13-16-19-22-25-28-37-46-58-52(55)43-34-31-40-49-62-61(63-50-41-32-35-44-53(56)59-47-38-29-26-23-20-17-14-11-8-5-2)64-51-42-33-36-45-54(57)60-48-39-30-27-24-21-18-15-12-9-6-3/h4-51H2,1-3H3. The molecular weight excluding hydrogens is 872 g/mol. The molecule has 0 aliphatic rings. The summed E-state index contributed by atoms with van der Waals surface area (Å²) in [5.41, 5.74) is -0.245. The molecule has 0 unspecified atom stereocenters. The average molecular weight is 978 g/mol. The maximum absolute atomic E-state index is 12.3. The molecule has 10 heteroatoms. The molecule has 0 aromatic carbocycles. The summed E-state index contributed by atoms with van der Waals surface area (Å²) in [7, 11) is 0. The van der Waals surface area contributed by atoms with Gasteiger partial charge in [0.05, 0.1) is 25.3 Å². The first-order chi connectivity index (χ1) is 31.5. The van der Waals surface area contributed by atoms with E-state index in [9.17, 15) is 14.4 Å². The first kappa shape index (κ1) is 63.9. The Morgan fingerprint density at radius 1 is 0.281 bits per heavy atom. The zero-order chi connectivity index (χ0) is 46.5. The zero-order valence-corrected chi connectivity index (χ0v) is 45.9. The quantitative estimate of drug-likeness (QED) is 0.0256. The van der Waals surface area contributed by atoms with Crippen LogP contribution in [-0.4, -0.2) is 55.0 Å². The molecule has 64 heavy (non-hydrogen) atoms. The van der Waals surface area contributed by atoms with Crippen molar-refractivity contribution in [3.8, 4) is 0 Å². The minimum atomic E-state index is -0.245. The van der Waals surface area contributed by atoms with E-state index in [1.807, 2.05) is 0 Å². The van der Waals surface area contributed by atoms with E-state index in [1.165, 1.54) is 173 Å². The highest BCUT2D eigenvalue weighted by molar-refractivity contribution is 9.12. The summed E-state index contributed by atoms with van der Waals surface area (Å²) >= 11 is 6.35. The van der Waals surface area contributed by atoms with Gasteiger partial charge >= 0.3 is 17.9 Å². The Bertz CT molecular complexity index is 856. The summed E-state index contributed by atoms with van der Waals surface area (Å²) in [6, 6.07) is 0. The van der Waals surface area contributed by atoms with Crippen molar-refractivity contribution in [2.75, 3.05) is 37.1 Å². The van der Waals surface area contributed by atoms with E-state index in [0.717, 1.165) is 94.3 Å². The summed E-state index contributed by atoms with van der Waals surface area (Å²) in [5, 5.41) is 0. The number of rotatable bonds is 54. The molecule has 0 aliphatic heterocycles. The number of carbonyl (C=O) groups excluding carboxylic acids is 3. The Balaban J connectivity index is 4.22. The molecule has 0 rings (SSSR count). The summed E-state index contributed by atoms with van der Waals surface area (Å²) in [5.74, 6) is 3.32. The maximum atomic E-state index is 12.3. The second-order valence-corrected chi connectivity index (χ2v) is 28.5. The highest BCUT2D eigenvalue weighted by Gasteiger charge is 2.12. The van der Waals surface area contributed by atoms with Crippen molar-refractivity contribution < 1.29 is 28.6 Å². The fourth-order valence-corrected chi connectivity index (χ4v) is 18.6. The predicted molar refractivity (Wildman–Crippen MR) is 288 cm³/mol. The molecule has 0 atom stereocenters. The van der Waals surface area contributed by atoms with Crippen molar-refractivity contribution in [2.24, 2.45) is 0 Å². The average Bonchev–Trinajstić information content (AvgIpc) is 3.29. The van der Waals surface area contributed by atoms with Gasteiger partial charge < -0.3 is 14.2 Å². The molecule has 380 valence electrons. The number of unbranched alkanes of at least 4 members (excludes halogenated alkanes) is 33. The number of hydrogen-bond donors (Lipinski definition) is 0. The molecule has 0 saturated carbocycles. The van der Waals surface area contributed by atoms with E-state index in [1.54, 1.807) is 0 Å². The summed E-state index contributed by atoms with van der Waals surface area (Å²) in [6.07, 6.45) is 49.7. The molecule has 0 radical (unpaired) electrons. The van der Waals surface area contributed by atoms with Crippen molar-refractivity contribution in [3.05, 3.63) is 0 Å². The van der Waals surface area contributed by atoms with Gasteiger partial charge in [-0.3, -0.25) is 14.4 Å². The third-order valence-corrected chi connectivity index (χ3v) is 23.2. The van der Waals surface area contributed by atoms with Crippen LogP contribution in [-0.2, 0) is 28.6 Å². The van der Waals surface area contributed by atoms with Gasteiger partial charge in [-0.25, -0.2) is 0 Å². The van der Waals surface area contributed by atoms with Crippen LogP contribution in [0, 0.1) is 0 Å². The monoisotopic (exact) mass is 977 g/mol. The number of ether oxygens (including phenoxy) is 3. The summed E-state index contributed by atoms with van der Waals surface area (Å²) in [6.45, 7) is 8.54. The Morgan fingerprint density at radius 3 is 0.719 bits per heavy atom. The molecule has 0 aromatic rings. The molecule has 6 nitrogen and oxygen atoms in total. The first-order valence-electron chi connectivity index (χ1n) is 27.7. The van der Waals surface area contributed by atoms with Crippen LogP contribution < -0.4 is 0 Å². The van der Waals surface area contributed by atoms with Crippen molar-refractivity contribution in [1.82, 2.24) is 0 Å². The van der Waals surface area contributed by atoms with Gasteiger partial charge in [0, 0.05) is 19.3 Å². The molecule has 0 bridgehead atoms. The van der Waals surface area contributed by atoms with Gasteiger partial charge in [0.2, 0.25) is 0 Å². The van der Waals surface area contributed by atoms with Crippen molar-refractivity contribution in [3.63, 3.8) is 0 Å². The number of hydrogen-bond acceptors (Lipinski definition) is 9. The van der Waals surface area contributed by atoms with E-state index in [4.69, 9.17) is 14.2 Å². The summed E-state index contributed by atoms with van der Waals surface area (Å²) < 4.78 is 16.6. The fourth-order valence-electron chi connectivity index (χ4n) is 7.72. The number of esters is 3. The molecule has 0 amide bonds. The Hall–Kier alpha value is -0.110. The predicted octanol–water partition coefficient (Wildman–Crippen LogP) is 19.5. The lowest BCUT2D eigenvalue weighted by Gasteiger charge is -2.15.